The van der Waals surface area contributed by atoms with Crippen molar-refractivity contribution in [2.75, 3.05) is 6.61 Å². The SMILES string of the molecule is CCOC(=O)N/N=C1\CC2CCC1(C)C2(C)C. The lowest BCUT2D eigenvalue weighted by Gasteiger charge is -2.34. The van der Waals surface area contributed by atoms with Gasteiger partial charge in [-0.1, -0.05) is 20.8 Å². The Bertz CT molecular complexity index is 362. The Hall–Kier alpha value is -1.06. The van der Waals surface area contributed by atoms with Gasteiger partial charge in [0.2, 0.25) is 0 Å². The molecule has 4 heteroatoms. The molecule has 96 valence electrons. The van der Waals surface area contributed by atoms with E-state index >= 15 is 0 Å². The lowest BCUT2D eigenvalue weighted by Crippen LogP contribution is -2.34. The number of carbonyl (C=O) groups excluding carboxylic acids is 1. The van der Waals surface area contributed by atoms with Crippen molar-refractivity contribution < 1.29 is 9.53 Å². The lowest BCUT2D eigenvalue weighted by atomic mass is 9.70. The first-order chi connectivity index (χ1) is 7.91. The van der Waals surface area contributed by atoms with Gasteiger partial charge in [-0.05, 0) is 37.5 Å². The van der Waals surface area contributed by atoms with Gasteiger partial charge < -0.3 is 4.74 Å². The second kappa shape index (κ2) is 4.00. The van der Waals surface area contributed by atoms with Crippen LogP contribution in [0.25, 0.3) is 0 Å². The fraction of sp³-hybridized carbons (Fsp3) is 0.846. The van der Waals surface area contributed by atoms with E-state index in [-0.39, 0.29) is 5.41 Å². The van der Waals surface area contributed by atoms with Gasteiger partial charge in [0.05, 0.1) is 6.61 Å². The molecule has 0 aliphatic heterocycles. The van der Waals surface area contributed by atoms with E-state index in [4.69, 9.17) is 4.74 Å². The van der Waals surface area contributed by atoms with Crippen LogP contribution >= 0.6 is 0 Å². The van der Waals surface area contributed by atoms with Crippen molar-refractivity contribution in [1.82, 2.24) is 5.43 Å². The van der Waals surface area contributed by atoms with Crippen LogP contribution in [-0.4, -0.2) is 18.4 Å². The summed E-state index contributed by atoms with van der Waals surface area (Å²) in [5.74, 6) is 0.704. The molecular weight excluding hydrogens is 216 g/mol. The predicted molar refractivity (Wildman–Crippen MR) is 66.8 cm³/mol. The molecule has 0 heterocycles. The monoisotopic (exact) mass is 238 g/mol. The second-order valence-electron chi connectivity index (χ2n) is 5.88. The highest BCUT2D eigenvalue weighted by Gasteiger charge is 2.59. The smallest absolute Gasteiger partial charge is 0.427 e. The normalized spacial score (nSPS) is 36.2. The van der Waals surface area contributed by atoms with Crippen molar-refractivity contribution in [3.63, 3.8) is 0 Å². The van der Waals surface area contributed by atoms with Gasteiger partial charge in [-0.15, -0.1) is 0 Å². The van der Waals surface area contributed by atoms with Crippen molar-refractivity contribution in [3.05, 3.63) is 0 Å². The predicted octanol–water partition coefficient (Wildman–Crippen LogP) is 2.93. The summed E-state index contributed by atoms with van der Waals surface area (Å²) in [6, 6.07) is 0. The van der Waals surface area contributed by atoms with E-state index in [0.29, 0.717) is 17.9 Å². The van der Waals surface area contributed by atoms with E-state index in [0.717, 1.165) is 12.1 Å². The van der Waals surface area contributed by atoms with E-state index in [2.05, 4.69) is 31.3 Å². The van der Waals surface area contributed by atoms with Crippen molar-refractivity contribution >= 4 is 11.8 Å². The standard InChI is InChI=1S/C13H22N2O2/c1-5-17-11(16)15-14-10-8-9-6-7-13(10,4)12(9,2)3/h9H,5-8H2,1-4H3,(H,15,16)/b14-10+. The maximum atomic E-state index is 11.2. The molecule has 0 radical (unpaired) electrons. The Labute approximate surface area is 103 Å². The molecule has 2 saturated carbocycles. The zero-order valence-electron chi connectivity index (χ0n) is 11.2. The van der Waals surface area contributed by atoms with E-state index < -0.39 is 6.09 Å². The van der Waals surface area contributed by atoms with Gasteiger partial charge in [0.25, 0.3) is 0 Å². The summed E-state index contributed by atoms with van der Waals surface area (Å²) in [5, 5.41) is 4.28. The highest BCUT2D eigenvalue weighted by molar-refractivity contribution is 5.94. The fourth-order valence-electron chi connectivity index (χ4n) is 3.37. The quantitative estimate of drug-likeness (QED) is 0.752. The van der Waals surface area contributed by atoms with Crippen LogP contribution in [0, 0.1) is 16.7 Å². The van der Waals surface area contributed by atoms with Gasteiger partial charge in [0.15, 0.2) is 0 Å². The third kappa shape index (κ3) is 1.74. The number of nitrogens with zero attached hydrogens (tertiary/aromatic N) is 1. The number of hydrogen-bond acceptors (Lipinski definition) is 3. The van der Waals surface area contributed by atoms with Crippen LogP contribution < -0.4 is 5.43 Å². The zero-order chi connectivity index (χ0) is 12.7. The molecule has 1 amide bonds. The van der Waals surface area contributed by atoms with Crippen molar-refractivity contribution in [1.29, 1.82) is 0 Å². The van der Waals surface area contributed by atoms with Gasteiger partial charge in [-0.3, -0.25) is 0 Å². The van der Waals surface area contributed by atoms with E-state index in [9.17, 15) is 4.79 Å². The number of ether oxygens (including phenoxy) is 1. The largest absolute Gasteiger partial charge is 0.449 e. The Morgan fingerprint density at radius 1 is 1.53 bits per heavy atom. The molecule has 17 heavy (non-hydrogen) atoms. The molecule has 0 aromatic carbocycles. The van der Waals surface area contributed by atoms with E-state index in [1.54, 1.807) is 6.92 Å². The first-order valence-corrected chi connectivity index (χ1v) is 6.41. The van der Waals surface area contributed by atoms with Crippen LogP contribution in [0.2, 0.25) is 0 Å². The lowest BCUT2D eigenvalue weighted by molar-refractivity contribution is 0.152. The Morgan fingerprint density at radius 2 is 2.24 bits per heavy atom. The third-order valence-electron chi connectivity index (χ3n) is 5.07. The van der Waals surface area contributed by atoms with Crippen LogP contribution in [0.4, 0.5) is 4.79 Å². The van der Waals surface area contributed by atoms with Crippen LogP contribution in [0.5, 0.6) is 0 Å². The average Bonchev–Trinajstić information content (AvgIpc) is 2.59. The van der Waals surface area contributed by atoms with Crippen molar-refractivity contribution in [2.45, 2.75) is 47.0 Å². The molecule has 1 N–H and O–H groups in total. The van der Waals surface area contributed by atoms with Gasteiger partial charge in [-0.2, -0.15) is 5.10 Å². The molecule has 2 unspecified atom stereocenters. The first-order valence-electron chi connectivity index (χ1n) is 6.41. The molecule has 2 rings (SSSR count). The molecule has 2 aliphatic rings. The summed E-state index contributed by atoms with van der Waals surface area (Å²) in [6.07, 6.45) is 3.01. The number of fused-ring (bicyclic) bond motifs is 2. The second-order valence-corrected chi connectivity index (χ2v) is 5.88. The maximum absolute atomic E-state index is 11.2. The van der Waals surface area contributed by atoms with Gasteiger partial charge in [0.1, 0.15) is 0 Å². The molecule has 2 bridgehead atoms. The van der Waals surface area contributed by atoms with Crippen molar-refractivity contribution in [2.24, 2.45) is 21.8 Å². The zero-order valence-corrected chi connectivity index (χ0v) is 11.2. The Morgan fingerprint density at radius 3 is 2.71 bits per heavy atom. The number of hydrogen-bond donors (Lipinski definition) is 1. The summed E-state index contributed by atoms with van der Waals surface area (Å²) in [5.41, 5.74) is 4.06. The minimum absolute atomic E-state index is 0.136. The average molecular weight is 238 g/mol. The highest BCUT2D eigenvalue weighted by atomic mass is 16.5. The maximum Gasteiger partial charge on any atom is 0.427 e. The number of hydrazone groups is 1. The summed E-state index contributed by atoms with van der Waals surface area (Å²) in [6.45, 7) is 9.07. The van der Waals surface area contributed by atoms with Gasteiger partial charge in [0, 0.05) is 11.1 Å². The van der Waals surface area contributed by atoms with Crippen LogP contribution in [0.3, 0.4) is 0 Å². The molecule has 0 aromatic rings. The third-order valence-corrected chi connectivity index (χ3v) is 5.07. The van der Waals surface area contributed by atoms with Crippen LogP contribution in [-0.2, 0) is 4.74 Å². The summed E-state index contributed by atoms with van der Waals surface area (Å²) < 4.78 is 4.81. The molecule has 4 nitrogen and oxygen atoms in total. The molecule has 0 spiro atoms. The molecular formula is C13H22N2O2. The van der Waals surface area contributed by atoms with Crippen LogP contribution in [0.1, 0.15) is 47.0 Å². The van der Waals surface area contributed by atoms with Crippen LogP contribution in [0.15, 0.2) is 5.10 Å². The molecule has 2 aliphatic carbocycles. The van der Waals surface area contributed by atoms with Gasteiger partial charge >= 0.3 is 6.09 Å². The molecule has 0 aromatic heterocycles. The topological polar surface area (TPSA) is 50.7 Å². The van der Waals surface area contributed by atoms with Gasteiger partial charge in [-0.25, -0.2) is 10.2 Å². The van der Waals surface area contributed by atoms with E-state index in [1.807, 2.05) is 0 Å². The highest BCUT2D eigenvalue weighted by Crippen LogP contribution is 2.63. The summed E-state index contributed by atoms with van der Waals surface area (Å²) in [4.78, 5) is 11.2. The summed E-state index contributed by atoms with van der Waals surface area (Å²) >= 11 is 0. The molecule has 2 fully saturated rings. The number of nitrogens with one attached hydrogen (secondary N) is 1. The van der Waals surface area contributed by atoms with Crippen molar-refractivity contribution in [3.8, 4) is 0 Å². The number of rotatable bonds is 2. The Balaban J connectivity index is 2.10. The minimum Gasteiger partial charge on any atom is -0.449 e. The molecule has 2 atom stereocenters. The first kappa shape index (κ1) is 12.4. The fourth-order valence-corrected chi connectivity index (χ4v) is 3.37. The number of carbonyl (C=O) groups is 1. The Kier molecular flexibility index (Phi) is 2.92. The van der Waals surface area contributed by atoms with E-state index in [1.165, 1.54) is 12.8 Å². The summed E-state index contributed by atoms with van der Waals surface area (Å²) in [7, 11) is 0. The molecule has 0 saturated heterocycles. The minimum atomic E-state index is -0.454. The number of amides is 1.